The monoisotopic (exact) mass is 286 g/mol. The minimum atomic E-state index is -0.123. The predicted molar refractivity (Wildman–Crippen MR) is 81.5 cm³/mol. The van der Waals surface area contributed by atoms with Crippen LogP contribution in [-0.2, 0) is 11.2 Å². The van der Waals surface area contributed by atoms with Crippen LogP contribution in [0.3, 0.4) is 0 Å². The highest BCUT2D eigenvalue weighted by Gasteiger charge is 2.38. The van der Waals surface area contributed by atoms with Crippen LogP contribution >= 0.6 is 11.3 Å². The zero-order valence-corrected chi connectivity index (χ0v) is 12.3. The van der Waals surface area contributed by atoms with Gasteiger partial charge in [-0.2, -0.15) is 11.3 Å². The van der Waals surface area contributed by atoms with Gasteiger partial charge in [0.25, 0.3) is 0 Å². The van der Waals surface area contributed by atoms with Gasteiger partial charge in [0.15, 0.2) is 0 Å². The first-order valence-corrected chi connectivity index (χ1v) is 7.86. The summed E-state index contributed by atoms with van der Waals surface area (Å²) in [4.78, 5) is 14.4. The van der Waals surface area contributed by atoms with Crippen LogP contribution in [0.1, 0.15) is 24.2 Å². The lowest BCUT2D eigenvalue weighted by molar-refractivity contribution is -0.129. The van der Waals surface area contributed by atoms with E-state index in [1.54, 1.807) is 11.3 Å². The van der Waals surface area contributed by atoms with Crippen LogP contribution in [0.5, 0.6) is 0 Å². The molecule has 1 N–H and O–H groups in total. The number of rotatable bonds is 4. The standard InChI is InChI=1S/C16H18N2OS/c1-2-18-15(13-8-9-20-11-13)17-14(16(18)19)10-12-6-4-3-5-7-12/h3-9,11,14-15,17H,2,10H2,1H3. The number of carbonyl (C=O) groups is 1. The number of likely N-dealkylation sites (N-methyl/N-ethyl adjacent to an activating group) is 1. The fourth-order valence-electron chi connectivity index (χ4n) is 2.72. The number of thiophene rings is 1. The van der Waals surface area contributed by atoms with Gasteiger partial charge in [0.1, 0.15) is 6.17 Å². The Kier molecular flexibility index (Phi) is 3.85. The first kappa shape index (κ1) is 13.3. The van der Waals surface area contributed by atoms with Crippen LogP contribution in [0.2, 0.25) is 0 Å². The summed E-state index contributed by atoms with van der Waals surface area (Å²) in [6, 6.07) is 12.1. The molecule has 0 spiro atoms. The van der Waals surface area contributed by atoms with Crippen LogP contribution in [0, 0.1) is 0 Å². The van der Waals surface area contributed by atoms with Crippen LogP contribution in [0.25, 0.3) is 0 Å². The molecule has 1 aromatic heterocycles. The highest BCUT2D eigenvalue weighted by atomic mass is 32.1. The van der Waals surface area contributed by atoms with Crippen molar-refractivity contribution in [2.75, 3.05) is 6.54 Å². The van der Waals surface area contributed by atoms with Gasteiger partial charge in [-0.3, -0.25) is 10.1 Å². The number of nitrogens with one attached hydrogen (secondary N) is 1. The lowest BCUT2D eigenvalue weighted by atomic mass is 10.1. The van der Waals surface area contributed by atoms with Crippen molar-refractivity contribution in [1.29, 1.82) is 0 Å². The molecule has 1 aliphatic rings. The number of hydrogen-bond acceptors (Lipinski definition) is 3. The van der Waals surface area contributed by atoms with Gasteiger partial charge in [0.2, 0.25) is 5.91 Å². The third kappa shape index (κ3) is 2.49. The molecule has 2 aromatic rings. The molecule has 3 nitrogen and oxygen atoms in total. The maximum absolute atomic E-state index is 12.5. The van der Waals surface area contributed by atoms with E-state index in [2.05, 4.69) is 34.3 Å². The molecule has 4 heteroatoms. The molecule has 1 fully saturated rings. The van der Waals surface area contributed by atoms with Crippen molar-refractivity contribution in [1.82, 2.24) is 10.2 Å². The zero-order chi connectivity index (χ0) is 13.9. The molecule has 1 amide bonds. The number of nitrogens with zero attached hydrogens (tertiary/aromatic N) is 1. The van der Waals surface area contributed by atoms with Crippen LogP contribution in [0.15, 0.2) is 47.2 Å². The van der Waals surface area contributed by atoms with E-state index in [1.165, 1.54) is 11.1 Å². The summed E-state index contributed by atoms with van der Waals surface area (Å²) in [6.45, 7) is 2.77. The summed E-state index contributed by atoms with van der Waals surface area (Å²) in [7, 11) is 0. The highest BCUT2D eigenvalue weighted by molar-refractivity contribution is 7.07. The SMILES string of the molecule is CCN1C(=O)C(Cc2ccccc2)NC1c1ccsc1. The van der Waals surface area contributed by atoms with E-state index in [9.17, 15) is 4.79 Å². The summed E-state index contributed by atoms with van der Waals surface area (Å²) in [5.41, 5.74) is 2.38. The zero-order valence-electron chi connectivity index (χ0n) is 11.5. The molecule has 0 saturated carbocycles. The van der Waals surface area contributed by atoms with Crippen molar-refractivity contribution in [2.45, 2.75) is 25.6 Å². The quantitative estimate of drug-likeness (QED) is 0.937. The number of amides is 1. The molecule has 3 rings (SSSR count). The molecule has 1 aliphatic heterocycles. The van der Waals surface area contributed by atoms with Gasteiger partial charge in [-0.1, -0.05) is 30.3 Å². The Bertz CT molecular complexity index is 567. The number of carbonyl (C=O) groups excluding carboxylic acids is 1. The van der Waals surface area contributed by atoms with E-state index in [-0.39, 0.29) is 18.1 Å². The molecule has 0 aliphatic carbocycles. The van der Waals surface area contributed by atoms with Crippen molar-refractivity contribution in [3.05, 3.63) is 58.3 Å². The molecule has 0 radical (unpaired) electrons. The minimum absolute atomic E-state index is 0.0208. The second-order valence-electron chi connectivity index (χ2n) is 4.99. The molecular formula is C16H18N2OS. The molecule has 104 valence electrons. The molecule has 20 heavy (non-hydrogen) atoms. The Labute approximate surface area is 123 Å². The summed E-state index contributed by atoms with van der Waals surface area (Å²) >= 11 is 1.67. The number of hydrogen-bond donors (Lipinski definition) is 1. The molecule has 1 saturated heterocycles. The summed E-state index contributed by atoms with van der Waals surface area (Å²) < 4.78 is 0. The van der Waals surface area contributed by atoms with E-state index in [1.807, 2.05) is 30.0 Å². The van der Waals surface area contributed by atoms with Crippen molar-refractivity contribution in [3.63, 3.8) is 0 Å². The van der Waals surface area contributed by atoms with Crippen LogP contribution < -0.4 is 5.32 Å². The topological polar surface area (TPSA) is 32.3 Å². The average Bonchev–Trinajstić information content (AvgIpc) is 3.09. The largest absolute Gasteiger partial charge is 0.322 e. The lowest BCUT2D eigenvalue weighted by Crippen LogP contribution is -2.32. The van der Waals surface area contributed by atoms with E-state index in [4.69, 9.17) is 0 Å². The van der Waals surface area contributed by atoms with E-state index < -0.39 is 0 Å². The maximum Gasteiger partial charge on any atom is 0.241 e. The summed E-state index contributed by atoms with van der Waals surface area (Å²) in [5, 5.41) is 7.64. The smallest absolute Gasteiger partial charge is 0.241 e. The Morgan fingerprint density at radius 2 is 2.05 bits per heavy atom. The van der Waals surface area contributed by atoms with Gasteiger partial charge >= 0.3 is 0 Å². The molecule has 0 bridgehead atoms. The van der Waals surface area contributed by atoms with Crippen molar-refractivity contribution in [3.8, 4) is 0 Å². The van der Waals surface area contributed by atoms with E-state index in [0.717, 1.165) is 13.0 Å². The van der Waals surface area contributed by atoms with Crippen molar-refractivity contribution in [2.24, 2.45) is 0 Å². The van der Waals surface area contributed by atoms with E-state index >= 15 is 0 Å². The van der Waals surface area contributed by atoms with Crippen molar-refractivity contribution >= 4 is 17.2 Å². The van der Waals surface area contributed by atoms with Gasteiger partial charge in [-0.15, -0.1) is 0 Å². The maximum atomic E-state index is 12.5. The van der Waals surface area contributed by atoms with Gasteiger partial charge in [-0.05, 0) is 41.3 Å². The van der Waals surface area contributed by atoms with Gasteiger partial charge in [0, 0.05) is 6.54 Å². The third-order valence-electron chi connectivity index (χ3n) is 3.73. The Morgan fingerprint density at radius 1 is 1.25 bits per heavy atom. The molecular weight excluding hydrogens is 268 g/mol. The second kappa shape index (κ2) is 5.77. The Hall–Kier alpha value is -1.65. The van der Waals surface area contributed by atoms with Gasteiger partial charge in [-0.25, -0.2) is 0 Å². The Balaban J connectivity index is 1.79. The van der Waals surface area contributed by atoms with Crippen LogP contribution in [-0.4, -0.2) is 23.4 Å². The average molecular weight is 286 g/mol. The second-order valence-corrected chi connectivity index (χ2v) is 5.77. The molecule has 2 unspecified atom stereocenters. The minimum Gasteiger partial charge on any atom is -0.322 e. The Morgan fingerprint density at radius 3 is 2.70 bits per heavy atom. The van der Waals surface area contributed by atoms with E-state index in [0.29, 0.717) is 0 Å². The normalized spacial score (nSPS) is 22.4. The first-order valence-electron chi connectivity index (χ1n) is 6.92. The fraction of sp³-hybridized carbons (Fsp3) is 0.312. The summed E-state index contributed by atoms with van der Waals surface area (Å²) in [6.07, 6.45) is 0.768. The van der Waals surface area contributed by atoms with Crippen molar-refractivity contribution < 1.29 is 4.79 Å². The predicted octanol–water partition coefficient (Wildman–Crippen LogP) is 2.81. The summed E-state index contributed by atoms with van der Waals surface area (Å²) in [5.74, 6) is 0.201. The number of benzene rings is 1. The molecule has 2 atom stereocenters. The fourth-order valence-corrected chi connectivity index (χ4v) is 3.40. The van der Waals surface area contributed by atoms with Gasteiger partial charge in [0.05, 0.1) is 6.04 Å². The highest BCUT2D eigenvalue weighted by Crippen LogP contribution is 2.27. The van der Waals surface area contributed by atoms with Crippen LogP contribution in [0.4, 0.5) is 0 Å². The first-order chi connectivity index (χ1) is 9.79. The third-order valence-corrected chi connectivity index (χ3v) is 4.44. The van der Waals surface area contributed by atoms with Gasteiger partial charge < -0.3 is 4.90 Å². The molecule has 1 aromatic carbocycles. The lowest BCUT2D eigenvalue weighted by Gasteiger charge is -2.21. The molecule has 2 heterocycles.